The van der Waals surface area contributed by atoms with Gasteiger partial charge in [0.15, 0.2) is 29.6 Å². The molecule has 2 atom stereocenters. The van der Waals surface area contributed by atoms with E-state index in [9.17, 15) is 0 Å². The van der Waals surface area contributed by atoms with Crippen LogP contribution in [0.4, 0.5) is 0 Å². The first-order valence-corrected chi connectivity index (χ1v) is 7.20. The molecule has 1 fully saturated rings. The molecule has 2 aliphatic heterocycles. The van der Waals surface area contributed by atoms with Crippen molar-refractivity contribution in [3.63, 3.8) is 0 Å². The summed E-state index contributed by atoms with van der Waals surface area (Å²) in [5, 5.41) is 2.53. The van der Waals surface area contributed by atoms with E-state index < -0.39 is 0 Å². The van der Waals surface area contributed by atoms with Crippen molar-refractivity contribution in [1.29, 1.82) is 0 Å². The Labute approximate surface area is 122 Å². The molecule has 102 valence electrons. The van der Waals surface area contributed by atoms with Crippen LogP contribution in [0.1, 0.15) is 11.6 Å². The van der Waals surface area contributed by atoms with E-state index in [-0.39, 0.29) is 0 Å². The number of aromatic nitrogens is 1. The van der Waals surface area contributed by atoms with E-state index in [4.69, 9.17) is 9.47 Å². The highest BCUT2D eigenvalue weighted by atomic mass is 16.7. The Hall–Kier alpha value is -2.55. The molecule has 1 saturated heterocycles. The summed E-state index contributed by atoms with van der Waals surface area (Å²) < 4.78 is 13.3. The highest BCUT2D eigenvalue weighted by Crippen LogP contribution is 2.39. The molecule has 0 radical (unpaired) electrons. The van der Waals surface area contributed by atoms with Crippen molar-refractivity contribution in [1.82, 2.24) is 0 Å². The molecule has 3 heterocycles. The standard InChI is InChI=1S/C18H14NO2/c1-2-4-14-10-19-6-5-13-8-17-18(21-11-20-17)9-15(13)16(19)7-12(14)3-1/h1-10,13,15H,11H2/q+1. The van der Waals surface area contributed by atoms with Gasteiger partial charge in [-0.1, -0.05) is 18.2 Å². The first-order valence-electron chi connectivity index (χ1n) is 7.20. The Balaban J connectivity index is 1.72. The molecule has 0 N–H and O–H groups in total. The number of nitrogens with zero attached hydrogens (tertiary/aromatic N) is 1. The van der Waals surface area contributed by atoms with E-state index in [1.807, 2.05) is 0 Å². The molecule has 2 aromatic rings. The minimum atomic E-state index is 0.306. The normalized spacial score (nSPS) is 25.1. The molecule has 0 spiro atoms. The molecule has 3 aliphatic rings. The molecule has 2 unspecified atom stereocenters. The van der Waals surface area contributed by atoms with Gasteiger partial charge in [0.2, 0.25) is 6.79 Å². The molecule has 1 aliphatic carbocycles. The van der Waals surface area contributed by atoms with Gasteiger partial charge in [0.05, 0.1) is 5.92 Å². The Morgan fingerprint density at radius 2 is 1.81 bits per heavy atom. The quantitative estimate of drug-likeness (QED) is 0.690. The molecule has 3 heteroatoms. The summed E-state index contributed by atoms with van der Waals surface area (Å²) in [7, 11) is 0. The van der Waals surface area contributed by atoms with Gasteiger partial charge in [-0.2, -0.15) is 4.57 Å². The Morgan fingerprint density at radius 1 is 1.00 bits per heavy atom. The summed E-state index contributed by atoms with van der Waals surface area (Å²) in [6.07, 6.45) is 10.9. The number of hydrogen-bond acceptors (Lipinski definition) is 2. The van der Waals surface area contributed by atoms with E-state index in [1.165, 1.54) is 16.5 Å². The first kappa shape index (κ1) is 11.1. The predicted octanol–water partition coefficient (Wildman–Crippen LogP) is 3.10. The number of hydrogen-bond donors (Lipinski definition) is 0. The van der Waals surface area contributed by atoms with Crippen LogP contribution < -0.4 is 4.57 Å². The van der Waals surface area contributed by atoms with E-state index >= 15 is 0 Å². The fourth-order valence-corrected chi connectivity index (χ4v) is 3.38. The third-order valence-electron chi connectivity index (χ3n) is 4.45. The zero-order valence-corrected chi connectivity index (χ0v) is 11.4. The summed E-state index contributed by atoms with van der Waals surface area (Å²) >= 11 is 0. The van der Waals surface area contributed by atoms with Crippen LogP contribution >= 0.6 is 0 Å². The van der Waals surface area contributed by atoms with Gasteiger partial charge in [-0.15, -0.1) is 0 Å². The second-order valence-corrected chi connectivity index (χ2v) is 5.65. The second kappa shape index (κ2) is 3.98. The van der Waals surface area contributed by atoms with E-state index in [2.05, 4.69) is 65.5 Å². The van der Waals surface area contributed by atoms with Crippen LogP contribution in [0.5, 0.6) is 0 Å². The molecule has 0 saturated carbocycles. The van der Waals surface area contributed by atoms with Crippen LogP contribution in [0.2, 0.25) is 0 Å². The zero-order chi connectivity index (χ0) is 13.8. The monoisotopic (exact) mass is 276 g/mol. The maximum absolute atomic E-state index is 5.55. The van der Waals surface area contributed by atoms with Crippen LogP contribution in [0.25, 0.3) is 17.0 Å². The largest absolute Gasteiger partial charge is 0.454 e. The average Bonchev–Trinajstić information content (AvgIpc) is 2.98. The molecule has 1 aromatic carbocycles. The van der Waals surface area contributed by atoms with E-state index in [0.29, 0.717) is 18.6 Å². The van der Waals surface area contributed by atoms with Gasteiger partial charge in [-0.25, -0.2) is 0 Å². The highest BCUT2D eigenvalue weighted by molar-refractivity contribution is 5.81. The topological polar surface area (TPSA) is 22.3 Å². The summed E-state index contributed by atoms with van der Waals surface area (Å²) in [6, 6.07) is 10.7. The Kier molecular flexibility index (Phi) is 2.11. The Bertz CT molecular complexity index is 847. The van der Waals surface area contributed by atoms with Crippen LogP contribution in [0, 0.1) is 5.92 Å². The van der Waals surface area contributed by atoms with Crippen LogP contribution in [0.3, 0.4) is 0 Å². The molecule has 5 rings (SSSR count). The summed E-state index contributed by atoms with van der Waals surface area (Å²) in [5.74, 6) is 2.41. The number of ether oxygens (including phenoxy) is 2. The molecule has 21 heavy (non-hydrogen) atoms. The summed E-state index contributed by atoms with van der Waals surface area (Å²) in [4.78, 5) is 0. The SMILES string of the molecule is C1=C[n+]2cc3ccccc3cc2C2C=C3OCOC3=CC12. The first-order chi connectivity index (χ1) is 10.4. The van der Waals surface area contributed by atoms with Crippen LogP contribution in [-0.4, -0.2) is 6.79 Å². The maximum Gasteiger partial charge on any atom is 0.231 e. The summed E-state index contributed by atoms with van der Waals surface area (Å²) in [6.45, 7) is 0.332. The van der Waals surface area contributed by atoms with Gasteiger partial charge in [0, 0.05) is 17.4 Å². The van der Waals surface area contributed by atoms with Gasteiger partial charge in [0.1, 0.15) is 0 Å². The van der Waals surface area contributed by atoms with Crippen LogP contribution in [-0.2, 0) is 9.47 Å². The van der Waals surface area contributed by atoms with Crippen molar-refractivity contribution in [2.24, 2.45) is 5.92 Å². The van der Waals surface area contributed by atoms with Gasteiger partial charge in [-0.05, 0) is 29.7 Å². The van der Waals surface area contributed by atoms with Gasteiger partial charge in [0.25, 0.3) is 0 Å². The van der Waals surface area contributed by atoms with Crippen molar-refractivity contribution in [2.75, 3.05) is 6.79 Å². The lowest BCUT2D eigenvalue weighted by atomic mass is 9.82. The smallest absolute Gasteiger partial charge is 0.231 e. The van der Waals surface area contributed by atoms with Crippen molar-refractivity contribution in [3.05, 3.63) is 72.0 Å². The molecule has 0 amide bonds. The van der Waals surface area contributed by atoms with Crippen molar-refractivity contribution < 1.29 is 14.0 Å². The van der Waals surface area contributed by atoms with E-state index in [0.717, 1.165) is 11.5 Å². The second-order valence-electron chi connectivity index (χ2n) is 5.65. The highest BCUT2D eigenvalue weighted by Gasteiger charge is 2.36. The molecule has 1 aromatic heterocycles. The molecular weight excluding hydrogens is 262 g/mol. The lowest BCUT2D eigenvalue weighted by Gasteiger charge is -2.23. The minimum absolute atomic E-state index is 0.306. The van der Waals surface area contributed by atoms with E-state index in [1.54, 1.807) is 0 Å². The van der Waals surface area contributed by atoms with Crippen molar-refractivity contribution in [3.8, 4) is 0 Å². The lowest BCUT2D eigenvalue weighted by Crippen LogP contribution is -2.38. The molecule has 0 bridgehead atoms. The average molecular weight is 276 g/mol. The van der Waals surface area contributed by atoms with Crippen molar-refractivity contribution in [2.45, 2.75) is 5.92 Å². The zero-order valence-electron chi connectivity index (χ0n) is 11.4. The number of benzene rings is 1. The minimum Gasteiger partial charge on any atom is -0.454 e. The lowest BCUT2D eigenvalue weighted by molar-refractivity contribution is -0.579. The fourth-order valence-electron chi connectivity index (χ4n) is 3.38. The van der Waals surface area contributed by atoms with Crippen molar-refractivity contribution >= 4 is 17.0 Å². The number of rotatable bonds is 0. The molecular formula is C18H14NO2+. The fraction of sp³-hybridized carbons (Fsp3) is 0.167. The Morgan fingerprint density at radius 3 is 2.71 bits per heavy atom. The number of allylic oxidation sites excluding steroid dienone is 3. The molecule has 3 nitrogen and oxygen atoms in total. The summed E-state index contributed by atoms with van der Waals surface area (Å²) in [5.41, 5.74) is 1.29. The van der Waals surface area contributed by atoms with Gasteiger partial charge in [-0.3, -0.25) is 0 Å². The van der Waals surface area contributed by atoms with Gasteiger partial charge >= 0.3 is 0 Å². The number of fused-ring (bicyclic) bond motifs is 5. The van der Waals surface area contributed by atoms with Crippen LogP contribution in [0.15, 0.2) is 66.3 Å². The van der Waals surface area contributed by atoms with Gasteiger partial charge < -0.3 is 9.47 Å². The third kappa shape index (κ3) is 1.57. The third-order valence-corrected chi connectivity index (χ3v) is 4.45. The number of pyridine rings is 1. The predicted molar refractivity (Wildman–Crippen MR) is 78.9 cm³/mol. The maximum atomic E-state index is 5.55.